The first kappa shape index (κ1) is 11.9. The molecular formula is C10H14F2N2O. The molecule has 3 nitrogen and oxygen atoms in total. The van der Waals surface area contributed by atoms with E-state index >= 15 is 0 Å². The maximum Gasteiger partial charge on any atom is 0.190 e. The number of nitrogens with two attached hydrogens (primary N) is 2. The lowest BCUT2D eigenvalue weighted by Crippen LogP contribution is -2.22. The van der Waals surface area contributed by atoms with Gasteiger partial charge in [0.25, 0.3) is 0 Å². The molecule has 0 aliphatic rings. The summed E-state index contributed by atoms with van der Waals surface area (Å²) in [4.78, 5) is 0. The van der Waals surface area contributed by atoms with Gasteiger partial charge in [-0.15, -0.1) is 0 Å². The minimum atomic E-state index is -0.764. The van der Waals surface area contributed by atoms with Crippen LogP contribution < -0.4 is 16.2 Å². The zero-order valence-corrected chi connectivity index (χ0v) is 8.68. The van der Waals surface area contributed by atoms with Gasteiger partial charge in [-0.1, -0.05) is 0 Å². The lowest BCUT2D eigenvalue weighted by Gasteiger charge is -2.15. The van der Waals surface area contributed by atoms with E-state index in [1.807, 2.05) is 0 Å². The highest BCUT2D eigenvalue weighted by Gasteiger charge is 2.19. The number of halogens is 2. The smallest absolute Gasteiger partial charge is 0.190 e. The first-order valence-corrected chi connectivity index (χ1v) is 4.51. The van der Waals surface area contributed by atoms with E-state index in [4.69, 9.17) is 11.5 Å². The number of ether oxygens (including phenoxy) is 1. The molecule has 0 spiro atoms. The highest BCUT2D eigenvalue weighted by Crippen LogP contribution is 2.29. The molecule has 5 heteroatoms. The van der Waals surface area contributed by atoms with Gasteiger partial charge in [-0.25, -0.2) is 8.78 Å². The minimum Gasteiger partial charge on any atom is -0.491 e. The van der Waals surface area contributed by atoms with E-state index in [1.165, 1.54) is 14.0 Å². The molecule has 0 radical (unpaired) electrons. The molecule has 0 heterocycles. The molecular weight excluding hydrogens is 202 g/mol. The van der Waals surface area contributed by atoms with Gasteiger partial charge in [-0.05, 0) is 24.1 Å². The largest absolute Gasteiger partial charge is 0.491 e. The summed E-state index contributed by atoms with van der Waals surface area (Å²) in [5.74, 6) is -1.88. The zero-order chi connectivity index (χ0) is 11.6. The van der Waals surface area contributed by atoms with Crippen molar-refractivity contribution in [3.63, 3.8) is 0 Å². The van der Waals surface area contributed by atoms with Crippen LogP contribution in [0.1, 0.15) is 17.2 Å². The molecule has 0 aromatic heterocycles. The Balaban J connectivity index is 3.33. The Hall–Kier alpha value is -1.20. The van der Waals surface area contributed by atoms with Gasteiger partial charge in [0.15, 0.2) is 17.4 Å². The zero-order valence-electron chi connectivity index (χ0n) is 8.68. The monoisotopic (exact) mass is 216 g/mol. The van der Waals surface area contributed by atoms with Crippen molar-refractivity contribution in [3.8, 4) is 5.75 Å². The van der Waals surface area contributed by atoms with Gasteiger partial charge in [-0.2, -0.15) is 0 Å². The van der Waals surface area contributed by atoms with Crippen LogP contribution in [0.2, 0.25) is 0 Å². The number of hydrogen-bond acceptors (Lipinski definition) is 3. The van der Waals surface area contributed by atoms with Crippen molar-refractivity contribution >= 4 is 0 Å². The Morgan fingerprint density at radius 3 is 2.53 bits per heavy atom. The summed E-state index contributed by atoms with van der Waals surface area (Å²) in [5.41, 5.74) is 11.6. The van der Waals surface area contributed by atoms with Gasteiger partial charge in [0.2, 0.25) is 0 Å². The van der Waals surface area contributed by atoms with Crippen molar-refractivity contribution in [2.75, 3.05) is 13.7 Å². The van der Waals surface area contributed by atoms with E-state index in [1.54, 1.807) is 0 Å². The Morgan fingerprint density at radius 2 is 2.07 bits per heavy atom. The predicted octanol–water partition coefficient (Wildman–Crippen LogP) is 1.24. The third kappa shape index (κ3) is 2.08. The molecule has 1 atom stereocenters. The average Bonchev–Trinajstić information content (AvgIpc) is 2.23. The van der Waals surface area contributed by atoms with E-state index in [-0.39, 0.29) is 17.9 Å². The molecule has 4 N–H and O–H groups in total. The van der Waals surface area contributed by atoms with E-state index in [2.05, 4.69) is 4.74 Å². The number of rotatable bonds is 3. The number of methoxy groups -OCH3 is 1. The first-order chi connectivity index (χ1) is 7.02. The van der Waals surface area contributed by atoms with E-state index in [9.17, 15) is 8.78 Å². The summed E-state index contributed by atoms with van der Waals surface area (Å²) < 4.78 is 31.5. The molecule has 1 aromatic rings. The van der Waals surface area contributed by atoms with Crippen molar-refractivity contribution in [3.05, 3.63) is 28.8 Å². The van der Waals surface area contributed by atoms with Crippen LogP contribution in [0.15, 0.2) is 6.07 Å². The minimum absolute atomic E-state index is 0.131. The fraction of sp³-hybridized carbons (Fsp3) is 0.400. The van der Waals surface area contributed by atoms with Crippen molar-refractivity contribution in [2.24, 2.45) is 11.5 Å². The SMILES string of the molecule is COc1c(F)cc(C(N)CN)c(C)c1F. The van der Waals surface area contributed by atoms with Gasteiger partial charge >= 0.3 is 0 Å². The van der Waals surface area contributed by atoms with Crippen LogP contribution in [0, 0.1) is 18.6 Å². The standard InChI is InChI=1S/C10H14F2N2O/c1-5-6(8(14)4-13)3-7(11)10(15-2)9(5)12/h3,8H,4,13-14H2,1-2H3. The normalized spacial score (nSPS) is 12.7. The van der Waals surface area contributed by atoms with Crippen molar-refractivity contribution < 1.29 is 13.5 Å². The van der Waals surface area contributed by atoms with Crippen LogP contribution in [0.3, 0.4) is 0 Å². The number of benzene rings is 1. The topological polar surface area (TPSA) is 61.3 Å². The molecule has 0 amide bonds. The molecule has 0 saturated carbocycles. The lowest BCUT2D eigenvalue weighted by atomic mass is 10.0. The van der Waals surface area contributed by atoms with Crippen molar-refractivity contribution in [1.29, 1.82) is 0 Å². The molecule has 84 valence electrons. The molecule has 1 aromatic carbocycles. The van der Waals surface area contributed by atoms with Crippen LogP contribution in [-0.2, 0) is 0 Å². The van der Waals surface area contributed by atoms with Gasteiger partial charge in [0.1, 0.15) is 0 Å². The Bertz CT molecular complexity index is 369. The third-order valence-corrected chi connectivity index (χ3v) is 2.32. The van der Waals surface area contributed by atoms with E-state index in [0.717, 1.165) is 6.07 Å². The third-order valence-electron chi connectivity index (χ3n) is 2.32. The van der Waals surface area contributed by atoms with Crippen LogP contribution in [0.4, 0.5) is 8.78 Å². The highest BCUT2D eigenvalue weighted by molar-refractivity contribution is 5.39. The van der Waals surface area contributed by atoms with Crippen LogP contribution in [0.25, 0.3) is 0 Å². The van der Waals surface area contributed by atoms with Crippen LogP contribution in [0.5, 0.6) is 5.75 Å². The second kappa shape index (κ2) is 4.55. The maximum absolute atomic E-state index is 13.6. The summed E-state index contributed by atoms with van der Waals surface area (Å²) in [7, 11) is 1.21. The average molecular weight is 216 g/mol. The molecule has 1 rings (SSSR count). The molecule has 0 fully saturated rings. The van der Waals surface area contributed by atoms with E-state index < -0.39 is 17.7 Å². The summed E-state index contributed by atoms with van der Waals surface area (Å²) in [5, 5.41) is 0. The molecule has 1 unspecified atom stereocenters. The molecule has 15 heavy (non-hydrogen) atoms. The molecule has 0 saturated heterocycles. The van der Waals surface area contributed by atoms with Crippen LogP contribution >= 0.6 is 0 Å². The second-order valence-electron chi connectivity index (χ2n) is 3.26. The van der Waals surface area contributed by atoms with Gasteiger partial charge in [0.05, 0.1) is 7.11 Å². The number of hydrogen-bond donors (Lipinski definition) is 2. The molecule has 0 aliphatic carbocycles. The Labute approximate surface area is 87.0 Å². The fourth-order valence-electron chi connectivity index (χ4n) is 1.41. The summed E-state index contributed by atoms with van der Waals surface area (Å²) in [6, 6.07) is 0.592. The Kier molecular flexibility index (Phi) is 3.60. The Morgan fingerprint density at radius 1 is 1.47 bits per heavy atom. The van der Waals surface area contributed by atoms with Crippen molar-refractivity contribution in [1.82, 2.24) is 0 Å². The summed E-state index contributed by atoms with van der Waals surface area (Å²) in [6.45, 7) is 1.65. The first-order valence-electron chi connectivity index (χ1n) is 4.51. The van der Waals surface area contributed by atoms with Crippen LogP contribution in [-0.4, -0.2) is 13.7 Å². The summed E-state index contributed by atoms with van der Waals surface area (Å²) in [6.07, 6.45) is 0. The van der Waals surface area contributed by atoms with Gasteiger partial charge in [-0.3, -0.25) is 0 Å². The fourth-order valence-corrected chi connectivity index (χ4v) is 1.41. The summed E-state index contributed by atoms with van der Waals surface area (Å²) >= 11 is 0. The maximum atomic E-state index is 13.6. The second-order valence-corrected chi connectivity index (χ2v) is 3.26. The molecule has 0 aliphatic heterocycles. The van der Waals surface area contributed by atoms with Crippen molar-refractivity contribution in [2.45, 2.75) is 13.0 Å². The van der Waals surface area contributed by atoms with E-state index in [0.29, 0.717) is 5.56 Å². The predicted molar refractivity (Wildman–Crippen MR) is 53.6 cm³/mol. The quantitative estimate of drug-likeness (QED) is 0.799. The lowest BCUT2D eigenvalue weighted by molar-refractivity contribution is 0.357. The van der Waals surface area contributed by atoms with Gasteiger partial charge < -0.3 is 16.2 Å². The molecule has 0 bridgehead atoms. The van der Waals surface area contributed by atoms with Gasteiger partial charge in [0, 0.05) is 12.6 Å². The highest BCUT2D eigenvalue weighted by atomic mass is 19.1.